The number of carboxylic acid groups (broad SMARTS) is 3. The van der Waals surface area contributed by atoms with E-state index in [0.717, 1.165) is 25.8 Å². The smallest absolute Gasteiger partial charge is 0.303 e. The quantitative estimate of drug-likeness (QED) is 0.0949. The summed E-state index contributed by atoms with van der Waals surface area (Å²) >= 11 is 0. The molecule has 0 aliphatic carbocycles. The summed E-state index contributed by atoms with van der Waals surface area (Å²) in [6, 6.07) is 0. The number of carbonyl (C=O) groups is 3. The van der Waals surface area contributed by atoms with E-state index in [1.807, 2.05) is 0 Å². The van der Waals surface area contributed by atoms with Crippen LogP contribution in [0.25, 0.3) is 0 Å². The summed E-state index contributed by atoms with van der Waals surface area (Å²) in [6.45, 7) is 4.98. The van der Waals surface area contributed by atoms with Gasteiger partial charge in [-0.1, -0.05) is 57.6 Å². The molecule has 0 aromatic rings. The Bertz CT molecular complexity index is 540. The van der Waals surface area contributed by atoms with Gasteiger partial charge in [-0.15, -0.1) is 0 Å². The Hall–Kier alpha value is -1.89. The third-order valence-corrected chi connectivity index (χ3v) is 6.70. The van der Waals surface area contributed by atoms with E-state index in [-0.39, 0.29) is 19.3 Å². The van der Waals surface area contributed by atoms with Crippen molar-refractivity contribution in [1.82, 2.24) is 0 Å². The molecule has 7 nitrogen and oxygen atoms in total. The Balaban J connectivity index is 4.41. The molecule has 0 bridgehead atoms. The van der Waals surface area contributed by atoms with Gasteiger partial charge in [-0.3, -0.25) is 9.59 Å². The van der Waals surface area contributed by atoms with Gasteiger partial charge in [-0.05, 0) is 44.9 Å². The highest BCUT2D eigenvalue weighted by Crippen LogP contribution is 2.18. The third kappa shape index (κ3) is 22.3. The summed E-state index contributed by atoms with van der Waals surface area (Å²) in [6.07, 6.45) is 20.7. The van der Waals surface area contributed by atoms with Gasteiger partial charge < -0.3 is 24.6 Å². The molecule has 0 spiro atoms. The van der Waals surface area contributed by atoms with Crippen molar-refractivity contribution in [2.75, 3.05) is 26.2 Å². The van der Waals surface area contributed by atoms with E-state index in [1.54, 1.807) is 0 Å². The van der Waals surface area contributed by atoms with Crippen LogP contribution >= 0.6 is 0 Å². The second-order valence-corrected chi connectivity index (χ2v) is 9.94. The number of hydrogen-bond donors (Lipinski definition) is 2. The minimum atomic E-state index is -1.08. The van der Waals surface area contributed by atoms with Crippen molar-refractivity contribution >= 4 is 17.9 Å². The van der Waals surface area contributed by atoms with E-state index in [9.17, 15) is 19.5 Å². The van der Waals surface area contributed by atoms with Crippen LogP contribution in [0.4, 0.5) is 0 Å². The average molecular weight is 498 g/mol. The van der Waals surface area contributed by atoms with Crippen LogP contribution in [-0.2, 0) is 14.4 Å². The predicted octanol–water partition coefficient (Wildman–Crippen LogP) is 5.32. The van der Waals surface area contributed by atoms with Gasteiger partial charge in [0.1, 0.15) is 0 Å². The second-order valence-electron chi connectivity index (χ2n) is 9.94. The lowest BCUT2D eigenvalue weighted by Gasteiger charge is -2.39. The van der Waals surface area contributed by atoms with Gasteiger partial charge in [-0.2, -0.15) is 0 Å². The minimum absolute atomic E-state index is 0.0220. The van der Waals surface area contributed by atoms with Crippen LogP contribution in [0.15, 0.2) is 12.2 Å². The van der Waals surface area contributed by atoms with Crippen molar-refractivity contribution in [3.05, 3.63) is 12.2 Å². The minimum Gasteiger partial charge on any atom is -0.550 e. The molecule has 0 aromatic carbocycles. The molecule has 0 atom stereocenters. The number of allylic oxidation sites excluding steroid dienone is 2. The van der Waals surface area contributed by atoms with Crippen molar-refractivity contribution in [3.8, 4) is 0 Å². The van der Waals surface area contributed by atoms with Crippen molar-refractivity contribution in [2.45, 2.75) is 122 Å². The fraction of sp³-hybridized carbons (Fsp3) is 0.821. The van der Waals surface area contributed by atoms with E-state index < -0.39 is 17.9 Å². The topological polar surface area (TPSA) is 115 Å². The van der Waals surface area contributed by atoms with E-state index in [1.165, 1.54) is 57.8 Å². The zero-order chi connectivity index (χ0) is 26.2. The first-order valence-electron chi connectivity index (χ1n) is 13.9. The van der Waals surface area contributed by atoms with Gasteiger partial charge in [0.05, 0.1) is 39.0 Å². The number of carbonyl (C=O) groups excluding carboxylic acids is 1. The van der Waals surface area contributed by atoms with Gasteiger partial charge in [0, 0.05) is 25.2 Å². The molecule has 0 heterocycles. The zero-order valence-corrected chi connectivity index (χ0v) is 22.2. The van der Waals surface area contributed by atoms with Crippen LogP contribution in [0.1, 0.15) is 122 Å². The Kier molecular flexibility index (Phi) is 21.3. The van der Waals surface area contributed by atoms with Crippen molar-refractivity contribution in [2.24, 2.45) is 0 Å². The normalized spacial score (nSPS) is 11.8. The standard InChI is InChI=1S/C28H51NO6/c1-2-3-4-5-6-7-8-9-10-11-12-13-14-15-22-29(23-16-19-26(30)31,24-17-20-27(32)33)25-18-21-28(34)35/h6-7H,2-5,8-25H2,1H3,(H2-,30,31,32,33,34,35)/b7-6+. The first-order valence-corrected chi connectivity index (χ1v) is 13.9. The fourth-order valence-electron chi connectivity index (χ4n) is 4.70. The first kappa shape index (κ1) is 33.1. The number of aliphatic carboxylic acids is 3. The Morgan fingerprint density at radius 1 is 0.600 bits per heavy atom. The summed E-state index contributed by atoms with van der Waals surface area (Å²) in [5.41, 5.74) is 0. The summed E-state index contributed by atoms with van der Waals surface area (Å²) in [5.74, 6) is -2.75. The molecule has 0 radical (unpaired) electrons. The van der Waals surface area contributed by atoms with Gasteiger partial charge >= 0.3 is 11.9 Å². The van der Waals surface area contributed by atoms with Gasteiger partial charge in [-0.25, -0.2) is 0 Å². The molecule has 0 unspecified atom stereocenters. The van der Waals surface area contributed by atoms with Crippen LogP contribution in [0.2, 0.25) is 0 Å². The molecule has 2 N–H and O–H groups in total. The van der Waals surface area contributed by atoms with Crippen molar-refractivity contribution in [1.29, 1.82) is 0 Å². The SMILES string of the molecule is CCCCC/C=C/CCCCCCCCC[N+](CCCC(=O)[O-])(CCCC(=O)O)CCCC(=O)O. The van der Waals surface area contributed by atoms with E-state index in [0.29, 0.717) is 43.4 Å². The van der Waals surface area contributed by atoms with Gasteiger partial charge in [0.2, 0.25) is 0 Å². The van der Waals surface area contributed by atoms with Crippen LogP contribution in [0.5, 0.6) is 0 Å². The molecule has 0 fully saturated rings. The van der Waals surface area contributed by atoms with E-state index >= 15 is 0 Å². The highest BCUT2D eigenvalue weighted by molar-refractivity contribution is 5.66. The number of rotatable bonds is 26. The summed E-state index contributed by atoms with van der Waals surface area (Å²) in [7, 11) is 0. The molecule has 0 aromatic heterocycles. The highest BCUT2D eigenvalue weighted by atomic mass is 16.4. The molecule has 0 saturated heterocycles. The average Bonchev–Trinajstić information content (AvgIpc) is 2.78. The van der Waals surface area contributed by atoms with Crippen LogP contribution in [-0.4, -0.2) is 58.8 Å². The highest BCUT2D eigenvalue weighted by Gasteiger charge is 2.26. The fourth-order valence-corrected chi connectivity index (χ4v) is 4.70. The Morgan fingerprint density at radius 3 is 1.46 bits per heavy atom. The maximum atomic E-state index is 11.0. The lowest BCUT2D eigenvalue weighted by atomic mass is 10.1. The molecule has 0 rings (SSSR count). The first-order chi connectivity index (χ1) is 16.8. The summed E-state index contributed by atoms with van der Waals surface area (Å²) < 4.78 is 0.610. The number of carboxylic acids is 3. The molecule has 7 heteroatoms. The number of nitrogens with zero attached hydrogens (tertiary/aromatic N) is 1. The molecule has 35 heavy (non-hydrogen) atoms. The monoisotopic (exact) mass is 497 g/mol. The molecule has 0 amide bonds. The number of unbranched alkanes of at least 4 members (excludes halogenated alkanes) is 10. The maximum Gasteiger partial charge on any atom is 0.303 e. The van der Waals surface area contributed by atoms with E-state index in [2.05, 4.69) is 19.1 Å². The van der Waals surface area contributed by atoms with Crippen molar-refractivity contribution < 1.29 is 34.2 Å². The molecule has 0 aliphatic heterocycles. The lowest BCUT2D eigenvalue weighted by molar-refractivity contribution is -0.929. The van der Waals surface area contributed by atoms with Crippen LogP contribution < -0.4 is 5.11 Å². The number of quaternary nitrogens is 1. The Morgan fingerprint density at radius 2 is 1.00 bits per heavy atom. The maximum absolute atomic E-state index is 11.0. The van der Waals surface area contributed by atoms with E-state index in [4.69, 9.17) is 10.2 Å². The number of hydrogen-bond acceptors (Lipinski definition) is 4. The molecule has 0 aliphatic rings. The van der Waals surface area contributed by atoms with Crippen LogP contribution in [0.3, 0.4) is 0 Å². The second kappa shape index (κ2) is 22.6. The Labute approximate surface area is 213 Å². The van der Waals surface area contributed by atoms with Crippen molar-refractivity contribution in [3.63, 3.8) is 0 Å². The predicted molar refractivity (Wildman–Crippen MR) is 138 cm³/mol. The molecular formula is C28H51NO6. The van der Waals surface area contributed by atoms with Crippen LogP contribution in [0, 0.1) is 0 Å². The molecule has 0 saturated carbocycles. The third-order valence-electron chi connectivity index (χ3n) is 6.70. The molecule has 204 valence electrons. The largest absolute Gasteiger partial charge is 0.550 e. The summed E-state index contributed by atoms with van der Waals surface area (Å²) in [4.78, 5) is 32.9. The lowest BCUT2D eigenvalue weighted by Crippen LogP contribution is -2.51. The van der Waals surface area contributed by atoms with Gasteiger partial charge in [0.15, 0.2) is 0 Å². The van der Waals surface area contributed by atoms with Gasteiger partial charge in [0.25, 0.3) is 0 Å². The molecular weight excluding hydrogens is 446 g/mol. The zero-order valence-electron chi connectivity index (χ0n) is 22.2. The summed E-state index contributed by atoms with van der Waals surface area (Å²) in [5, 5.41) is 29.0.